The molecular formula is C44H42FN5O6. The number of carbonyl (C=O) groups excluding carboxylic acids is 3. The Balaban J connectivity index is 1.02. The molecule has 0 spiro atoms. The Morgan fingerprint density at radius 1 is 1.04 bits per heavy atom. The monoisotopic (exact) mass is 755 g/mol. The zero-order valence-corrected chi connectivity index (χ0v) is 31.3. The second-order valence-corrected chi connectivity index (χ2v) is 15.3. The molecule has 0 saturated carbocycles. The molecule has 12 heteroatoms. The number of hydrogen-bond acceptors (Lipinski definition) is 8. The lowest BCUT2D eigenvalue weighted by Crippen LogP contribution is -2.44. The number of rotatable bonds is 8. The van der Waals surface area contributed by atoms with E-state index in [0.29, 0.717) is 46.4 Å². The summed E-state index contributed by atoms with van der Waals surface area (Å²) in [5.74, 6) is -1.30. The maximum absolute atomic E-state index is 15.4. The van der Waals surface area contributed by atoms with Crippen molar-refractivity contribution in [1.29, 1.82) is 0 Å². The number of ketones is 1. The van der Waals surface area contributed by atoms with Crippen molar-refractivity contribution in [3.8, 4) is 22.5 Å². The van der Waals surface area contributed by atoms with Gasteiger partial charge in [0.25, 0.3) is 5.56 Å². The van der Waals surface area contributed by atoms with E-state index in [1.54, 1.807) is 24.5 Å². The van der Waals surface area contributed by atoms with Gasteiger partial charge in [-0.05, 0) is 77.6 Å². The number of fused-ring (bicyclic) bond motifs is 8. The summed E-state index contributed by atoms with van der Waals surface area (Å²) in [6.07, 6.45) is 0.685. The SMILES string of the molecule is CC[C@@]1(O)C(=O)CCc2c1cc1n(c2=O)Cc2c-1nc1cc(F)c(C)c3c1c2[C@@H](NC(=O)CN(CCN)C(=O)OCC1c2ccccc2-c2ccccc21)CC3. The van der Waals surface area contributed by atoms with Crippen molar-refractivity contribution in [1.82, 2.24) is 19.8 Å². The minimum atomic E-state index is -1.79. The lowest BCUT2D eigenvalue weighted by atomic mass is 9.77. The topological polar surface area (TPSA) is 157 Å². The molecule has 0 unspecified atom stereocenters. The van der Waals surface area contributed by atoms with E-state index in [0.717, 1.165) is 44.3 Å². The fourth-order valence-corrected chi connectivity index (χ4v) is 9.57. The fourth-order valence-electron chi connectivity index (χ4n) is 9.57. The predicted octanol–water partition coefficient (Wildman–Crippen LogP) is 5.30. The molecule has 1 aliphatic heterocycles. The zero-order valence-electron chi connectivity index (χ0n) is 31.3. The summed E-state index contributed by atoms with van der Waals surface area (Å²) in [6.45, 7) is 3.62. The van der Waals surface area contributed by atoms with Crippen LogP contribution in [0.2, 0.25) is 0 Å². The van der Waals surface area contributed by atoms with Gasteiger partial charge < -0.3 is 25.5 Å². The van der Waals surface area contributed by atoms with Gasteiger partial charge in [0.1, 0.15) is 24.6 Å². The first-order valence-electron chi connectivity index (χ1n) is 19.3. The molecule has 3 heterocycles. The van der Waals surface area contributed by atoms with Crippen LogP contribution in [0.5, 0.6) is 0 Å². The Hall–Kier alpha value is -5.72. The highest BCUT2D eigenvalue weighted by molar-refractivity contribution is 5.95. The Labute approximate surface area is 322 Å². The molecule has 0 fully saturated rings. The first kappa shape index (κ1) is 35.9. The number of nitrogens with two attached hydrogens (primary N) is 1. The van der Waals surface area contributed by atoms with Crippen LogP contribution in [0.1, 0.15) is 82.7 Å². The van der Waals surface area contributed by atoms with Gasteiger partial charge in [0, 0.05) is 53.6 Å². The van der Waals surface area contributed by atoms with Crippen LogP contribution in [-0.4, -0.2) is 63.6 Å². The van der Waals surface area contributed by atoms with Crippen molar-refractivity contribution in [2.45, 2.75) is 70.1 Å². The number of aryl methyl sites for hydroxylation is 1. The molecule has 2 atom stereocenters. The van der Waals surface area contributed by atoms with E-state index in [4.69, 9.17) is 15.5 Å². The summed E-state index contributed by atoms with van der Waals surface area (Å²) in [5, 5.41) is 15.4. The molecule has 56 heavy (non-hydrogen) atoms. The van der Waals surface area contributed by atoms with E-state index in [1.165, 1.54) is 11.0 Å². The van der Waals surface area contributed by atoms with Crippen LogP contribution in [0.25, 0.3) is 33.4 Å². The Morgan fingerprint density at radius 2 is 1.75 bits per heavy atom. The first-order chi connectivity index (χ1) is 27.0. The molecule has 9 rings (SSSR count). The second-order valence-electron chi connectivity index (χ2n) is 15.3. The molecule has 0 radical (unpaired) electrons. The summed E-state index contributed by atoms with van der Waals surface area (Å²) in [4.78, 5) is 60.7. The molecule has 2 aromatic heterocycles. The summed E-state index contributed by atoms with van der Waals surface area (Å²) in [7, 11) is 0. The normalized spacial score (nSPS) is 18.9. The Morgan fingerprint density at radius 3 is 2.45 bits per heavy atom. The molecule has 11 nitrogen and oxygen atoms in total. The van der Waals surface area contributed by atoms with Gasteiger partial charge in [0.15, 0.2) is 5.78 Å². The van der Waals surface area contributed by atoms with Gasteiger partial charge in [-0.2, -0.15) is 0 Å². The lowest BCUT2D eigenvalue weighted by Gasteiger charge is -2.32. The number of hydrogen-bond donors (Lipinski definition) is 3. The van der Waals surface area contributed by atoms with Gasteiger partial charge in [-0.3, -0.25) is 19.3 Å². The standard InChI is InChI=1S/C44H42FN5O6/c1-3-44(55)32-18-36-41-30(20-50(36)42(53)29(32)13-15-37(44)51)40-34(14-12-24-23(2)33(45)19-35(48-41)39(24)40)47-38(52)21-49(17-16-46)43(54)56-22-31-27-10-6-4-8-25(27)26-9-5-7-11-28(26)31/h4-11,18-19,31,34,55H,3,12-17,20-22,46H2,1-2H3,(H,47,52)/t34-,44-/m0/s1. The molecule has 4 N–H and O–H groups in total. The third-order valence-electron chi connectivity index (χ3n) is 12.4. The number of nitrogens with zero attached hydrogens (tertiary/aromatic N) is 3. The summed E-state index contributed by atoms with van der Waals surface area (Å²) in [5.41, 5.74) is 12.9. The third kappa shape index (κ3) is 5.41. The molecule has 0 saturated heterocycles. The average molecular weight is 756 g/mol. The van der Waals surface area contributed by atoms with Gasteiger partial charge >= 0.3 is 6.09 Å². The molecule has 0 bridgehead atoms. The largest absolute Gasteiger partial charge is 0.448 e. The minimum Gasteiger partial charge on any atom is -0.448 e. The maximum Gasteiger partial charge on any atom is 0.410 e. The van der Waals surface area contributed by atoms with Crippen LogP contribution < -0.4 is 16.6 Å². The van der Waals surface area contributed by atoms with Crippen molar-refractivity contribution in [3.63, 3.8) is 0 Å². The number of carbonyl (C=O) groups is 3. The minimum absolute atomic E-state index is 0.0689. The van der Waals surface area contributed by atoms with Crippen molar-refractivity contribution in [2.24, 2.45) is 5.73 Å². The molecule has 5 aromatic rings. The van der Waals surface area contributed by atoms with Crippen LogP contribution in [0.3, 0.4) is 0 Å². The van der Waals surface area contributed by atoms with Crippen molar-refractivity contribution < 1.29 is 28.6 Å². The summed E-state index contributed by atoms with van der Waals surface area (Å²) < 4.78 is 22.9. The van der Waals surface area contributed by atoms with Crippen molar-refractivity contribution in [3.05, 3.63) is 121 Å². The number of halogens is 1. The zero-order chi connectivity index (χ0) is 39.0. The molecule has 2 amide bonds. The van der Waals surface area contributed by atoms with Crippen LogP contribution >= 0.6 is 0 Å². The van der Waals surface area contributed by atoms with Crippen molar-refractivity contribution >= 4 is 28.7 Å². The van der Waals surface area contributed by atoms with Gasteiger partial charge in [-0.25, -0.2) is 14.2 Å². The van der Waals surface area contributed by atoms with E-state index in [1.807, 2.05) is 36.4 Å². The number of aromatic nitrogens is 2. The van der Waals surface area contributed by atoms with Gasteiger partial charge in [-0.15, -0.1) is 0 Å². The molecular weight excluding hydrogens is 714 g/mol. The van der Waals surface area contributed by atoms with Crippen LogP contribution in [0.15, 0.2) is 65.5 Å². The summed E-state index contributed by atoms with van der Waals surface area (Å²) in [6, 6.07) is 18.6. The number of ether oxygens (including phenoxy) is 1. The van der Waals surface area contributed by atoms with Crippen LogP contribution in [-0.2, 0) is 39.3 Å². The molecule has 3 aliphatic carbocycles. The van der Waals surface area contributed by atoms with E-state index < -0.39 is 29.5 Å². The summed E-state index contributed by atoms with van der Waals surface area (Å²) >= 11 is 0. The number of Topliss-reactive ketones (excluding diaryl/α,β-unsaturated/α-hetero) is 1. The van der Waals surface area contributed by atoms with E-state index in [2.05, 4.69) is 17.4 Å². The highest BCUT2D eigenvalue weighted by atomic mass is 19.1. The molecule has 3 aromatic carbocycles. The molecule has 286 valence electrons. The number of nitrogens with one attached hydrogen (secondary N) is 1. The lowest BCUT2D eigenvalue weighted by molar-refractivity contribution is -0.140. The fraction of sp³-hybridized carbons (Fsp3) is 0.341. The highest BCUT2D eigenvalue weighted by Gasteiger charge is 2.44. The predicted molar refractivity (Wildman–Crippen MR) is 208 cm³/mol. The molecule has 4 aliphatic rings. The third-order valence-corrected chi connectivity index (χ3v) is 12.4. The van der Waals surface area contributed by atoms with Gasteiger partial charge in [0.2, 0.25) is 5.91 Å². The number of aliphatic hydroxyl groups is 1. The Kier molecular flexibility index (Phi) is 8.66. The van der Waals surface area contributed by atoms with Crippen LogP contribution in [0.4, 0.5) is 9.18 Å². The second kappa shape index (κ2) is 13.5. The number of amides is 2. The quantitative estimate of drug-likeness (QED) is 0.189. The smallest absolute Gasteiger partial charge is 0.410 e. The van der Waals surface area contributed by atoms with E-state index in [9.17, 15) is 24.3 Å². The van der Waals surface area contributed by atoms with Gasteiger partial charge in [-0.1, -0.05) is 55.5 Å². The number of benzene rings is 3. The number of pyridine rings is 2. The first-order valence-corrected chi connectivity index (χ1v) is 19.3. The van der Waals surface area contributed by atoms with Crippen LogP contribution in [0, 0.1) is 12.7 Å². The van der Waals surface area contributed by atoms with Gasteiger partial charge in [0.05, 0.1) is 29.5 Å². The van der Waals surface area contributed by atoms with E-state index >= 15 is 4.39 Å². The Bertz CT molecular complexity index is 2540. The van der Waals surface area contributed by atoms with Crippen molar-refractivity contribution in [2.75, 3.05) is 26.2 Å². The highest BCUT2D eigenvalue weighted by Crippen LogP contribution is 2.47. The van der Waals surface area contributed by atoms with E-state index in [-0.39, 0.29) is 69.3 Å². The maximum atomic E-state index is 15.4. The average Bonchev–Trinajstić information content (AvgIpc) is 3.73.